The normalized spacial score (nSPS) is 25.7. The summed E-state index contributed by atoms with van der Waals surface area (Å²) in [5.41, 5.74) is 5.23. The van der Waals surface area contributed by atoms with Gasteiger partial charge in [-0.3, -0.25) is 4.79 Å². The van der Waals surface area contributed by atoms with Crippen molar-refractivity contribution in [1.82, 2.24) is 4.31 Å². The second kappa shape index (κ2) is 9.06. The zero-order valence-electron chi connectivity index (χ0n) is 18.9. The number of hydrogen-bond donors (Lipinski definition) is 1. The molecule has 3 aliphatic rings. The maximum Gasteiger partial charge on any atom is 0.251 e. The number of hydrogen-bond acceptors (Lipinski definition) is 4. The molecule has 0 heterocycles. The number of ether oxygens (including phenoxy) is 1. The fourth-order valence-electron chi connectivity index (χ4n) is 5.18. The lowest BCUT2D eigenvalue weighted by molar-refractivity contribution is -0.0415. The molecule has 0 aromatic heterocycles. The van der Waals surface area contributed by atoms with Crippen LogP contribution < -0.4 is 10.5 Å². The summed E-state index contributed by atoms with van der Waals surface area (Å²) in [4.78, 5) is 10.9. The van der Waals surface area contributed by atoms with E-state index in [1.54, 1.807) is 0 Å². The molecule has 0 unspecified atom stereocenters. The van der Waals surface area contributed by atoms with Gasteiger partial charge in [0.05, 0.1) is 12.2 Å². The Morgan fingerprint density at radius 1 is 1.10 bits per heavy atom. The van der Waals surface area contributed by atoms with Crippen LogP contribution in [0, 0.1) is 16.6 Å². The minimum absolute atomic E-state index is 0.00445. The number of fused-ring (bicyclic) bond motifs is 3. The van der Waals surface area contributed by atoms with Crippen molar-refractivity contribution in [2.45, 2.75) is 76.0 Å². The lowest BCUT2D eigenvalue weighted by Crippen LogP contribution is -2.44. The Kier molecular flexibility index (Phi) is 7.01. The largest absolute Gasteiger partial charge is 0.491 e. The monoisotopic (exact) mass is 454 g/mol. The average Bonchev–Trinajstić information content (AvgIpc) is 2.73. The first kappa shape index (κ1) is 24.0. The number of unbranched alkanes of at least 4 members (excludes halogenated alkanes) is 2. The molecule has 3 aliphatic carbocycles. The van der Waals surface area contributed by atoms with Crippen LogP contribution in [-0.4, -0.2) is 39.3 Å². The van der Waals surface area contributed by atoms with Gasteiger partial charge in [-0.15, -0.1) is 0 Å². The number of nitrogens with two attached hydrogens (primary N) is 1. The van der Waals surface area contributed by atoms with Crippen molar-refractivity contribution >= 4 is 15.9 Å². The standard InChI is InChI=1S/C23H35FN2O4S/c1-4-5-6-9-22-10-13-23(14-11-22,15-12-22)16-30-18-8-7-17(21(25)27)19(24)20(18)31(28,29)26(2)3/h7-8H,4-6,9-16H2,1-3H3,(H2,25,27). The third-order valence-electron chi connectivity index (χ3n) is 7.47. The van der Waals surface area contributed by atoms with Crippen LogP contribution in [0.3, 0.4) is 0 Å². The molecule has 0 spiro atoms. The Labute approximate surface area is 185 Å². The van der Waals surface area contributed by atoms with E-state index < -0.39 is 32.2 Å². The predicted octanol–water partition coefficient (Wildman–Crippen LogP) is 4.47. The number of carbonyl (C=O) groups is 1. The molecule has 174 valence electrons. The summed E-state index contributed by atoms with van der Waals surface area (Å²) in [6.45, 7) is 2.58. The fraction of sp³-hybridized carbons (Fsp3) is 0.696. The first-order chi connectivity index (χ1) is 14.6. The zero-order chi connectivity index (χ0) is 22.9. The summed E-state index contributed by atoms with van der Waals surface area (Å²) < 4.78 is 47.4. The van der Waals surface area contributed by atoms with E-state index in [1.807, 2.05) is 0 Å². The summed E-state index contributed by atoms with van der Waals surface area (Å²) >= 11 is 0. The Morgan fingerprint density at radius 2 is 1.68 bits per heavy atom. The number of sulfonamides is 1. The van der Waals surface area contributed by atoms with E-state index >= 15 is 4.39 Å². The molecule has 0 aliphatic heterocycles. The van der Waals surface area contributed by atoms with Gasteiger partial charge in [0.1, 0.15) is 5.75 Å². The molecule has 2 N–H and O–H groups in total. The smallest absolute Gasteiger partial charge is 0.251 e. The van der Waals surface area contributed by atoms with Gasteiger partial charge >= 0.3 is 0 Å². The molecular weight excluding hydrogens is 419 g/mol. The highest BCUT2D eigenvalue weighted by atomic mass is 32.2. The van der Waals surface area contributed by atoms with Gasteiger partial charge in [-0.2, -0.15) is 0 Å². The maximum atomic E-state index is 15.0. The average molecular weight is 455 g/mol. The second-order valence-electron chi connectivity index (χ2n) is 9.65. The first-order valence-electron chi connectivity index (χ1n) is 11.2. The summed E-state index contributed by atoms with van der Waals surface area (Å²) in [5, 5.41) is 0. The highest BCUT2D eigenvalue weighted by Crippen LogP contribution is 2.59. The van der Waals surface area contributed by atoms with Crippen molar-refractivity contribution in [2.24, 2.45) is 16.6 Å². The molecule has 1 aromatic carbocycles. The van der Waals surface area contributed by atoms with Crippen LogP contribution in [0.4, 0.5) is 4.39 Å². The van der Waals surface area contributed by atoms with E-state index in [9.17, 15) is 13.2 Å². The molecule has 0 atom stereocenters. The third-order valence-corrected chi connectivity index (χ3v) is 9.32. The minimum Gasteiger partial charge on any atom is -0.491 e. The molecular formula is C23H35FN2O4S. The van der Waals surface area contributed by atoms with Crippen LogP contribution >= 0.6 is 0 Å². The van der Waals surface area contributed by atoms with Crippen molar-refractivity contribution in [1.29, 1.82) is 0 Å². The van der Waals surface area contributed by atoms with E-state index in [0.717, 1.165) is 23.6 Å². The molecule has 2 bridgehead atoms. The van der Waals surface area contributed by atoms with Gasteiger partial charge in [-0.1, -0.05) is 26.2 Å². The van der Waals surface area contributed by atoms with Gasteiger partial charge in [-0.05, 0) is 62.5 Å². The summed E-state index contributed by atoms with van der Waals surface area (Å²) in [6.07, 6.45) is 11.8. The molecule has 0 saturated heterocycles. The highest BCUT2D eigenvalue weighted by molar-refractivity contribution is 7.89. The van der Waals surface area contributed by atoms with Crippen molar-refractivity contribution in [3.8, 4) is 5.75 Å². The second-order valence-corrected chi connectivity index (χ2v) is 11.7. The van der Waals surface area contributed by atoms with Gasteiger partial charge in [-0.25, -0.2) is 17.1 Å². The molecule has 4 rings (SSSR count). The van der Waals surface area contributed by atoms with Crippen LogP contribution in [0.1, 0.15) is 81.5 Å². The summed E-state index contributed by atoms with van der Waals surface area (Å²) in [5.74, 6) is -2.23. The SMILES string of the molecule is CCCCCC12CCC(COc3ccc(C(N)=O)c(F)c3S(=O)(=O)N(C)C)(CC1)CC2. The van der Waals surface area contributed by atoms with Gasteiger partial charge in [0, 0.05) is 19.5 Å². The third kappa shape index (κ3) is 4.75. The molecule has 3 saturated carbocycles. The lowest BCUT2D eigenvalue weighted by atomic mass is 9.53. The lowest BCUT2D eigenvalue weighted by Gasteiger charge is -2.53. The molecule has 6 nitrogen and oxygen atoms in total. The van der Waals surface area contributed by atoms with Crippen molar-refractivity contribution < 1.29 is 22.3 Å². The number of nitrogens with zero attached hydrogens (tertiary/aromatic N) is 1. The Balaban J connectivity index is 1.79. The highest BCUT2D eigenvalue weighted by Gasteiger charge is 2.48. The van der Waals surface area contributed by atoms with Gasteiger partial charge in [0.15, 0.2) is 10.7 Å². The molecule has 3 fully saturated rings. The minimum atomic E-state index is -4.16. The van der Waals surface area contributed by atoms with Crippen molar-refractivity contribution in [3.63, 3.8) is 0 Å². The number of amides is 1. The number of primary amides is 1. The number of rotatable bonds is 10. The Morgan fingerprint density at radius 3 is 2.19 bits per heavy atom. The number of benzene rings is 1. The quantitative estimate of drug-likeness (QED) is 0.528. The van der Waals surface area contributed by atoms with E-state index in [1.165, 1.54) is 71.2 Å². The predicted molar refractivity (Wildman–Crippen MR) is 118 cm³/mol. The Hall–Kier alpha value is -1.67. The number of carbonyl (C=O) groups excluding carboxylic acids is 1. The van der Waals surface area contributed by atoms with E-state index in [4.69, 9.17) is 10.5 Å². The molecule has 31 heavy (non-hydrogen) atoms. The van der Waals surface area contributed by atoms with Gasteiger partial charge in [0.2, 0.25) is 10.0 Å². The molecule has 0 radical (unpaired) electrons. The van der Waals surface area contributed by atoms with Crippen LogP contribution in [0.25, 0.3) is 0 Å². The van der Waals surface area contributed by atoms with Crippen LogP contribution in [0.2, 0.25) is 0 Å². The molecule has 1 aromatic rings. The van der Waals surface area contributed by atoms with E-state index in [-0.39, 0.29) is 11.2 Å². The molecule has 8 heteroatoms. The number of halogens is 1. The van der Waals surface area contributed by atoms with E-state index in [0.29, 0.717) is 12.0 Å². The van der Waals surface area contributed by atoms with Gasteiger partial charge < -0.3 is 10.5 Å². The maximum absolute atomic E-state index is 15.0. The van der Waals surface area contributed by atoms with Crippen LogP contribution in [-0.2, 0) is 10.0 Å². The first-order valence-corrected chi connectivity index (χ1v) is 12.7. The summed E-state index contributed by atoms with van der Waals surface area (Å²) in [7, 11) is -1.53. The van der Waals surface area contributed by atoms with Crippen LogP contribution in [0.15, 0.2) is 17.0 Å². The van der Waals surface area contributed by atoms with E-state index in [2.05, 4.69) is 6.92 Å². The summed E-state index contributed by atoms with van der Waals surface area (Å²) in [6, 6.07) is 2.54. The van der Waals surface area contributed by atoms with Crippen LogP contribution in [0.5, 0.6) is 5.75 Å². The molecule has 1 amide bonds. The Bertz CT molecular complexity index is 905. The van der Waals surface area contributed by atoms with Gasteiger partial charge in [0.25, 0.3) is 5.91 Å². The topological polar surface area (TPSA) is 89.7 Å². The zero-order valence-corrected chi connectivity index (χ0v) is 19.7. The van der Waals surface area contributed by atoms with Crippen molar-refractivity contribution in [2.75, 3.05) is 20.7 Å². The van der Waals surface area contributed by atoms with Crippen molar-refractivity contribution in [3.05, 3.63) is 23.5 Å². The fourth-order valence-corrected chi connectivity index (χ4v) is 6.26.